The lowest BCUT2D eigenvalue weighted by Crippen LogP contribution is -2.38. The number of benzene rings is 2. The van der Waals surface area contributed by atoms with E-state index in [2.05, 4.69) is 10.6 Å². The third kappa shape index (κ3) is 7.25. The molecule has 26 heavy (non-hydrogen) atoms. The second-order valence-electron chi connectivity index (χ2n) is 5.65. The SMILES string of the molecule is CCCOc1ccc(OCC(=O)NCC(=O)NCc2ccccc2)cc1. The van der Waals surface area contributed by atoms with Crippen molar-refractivity contribution in [3.8, 4) is 11.5 Å². The largest absolute Gasteiger partial charge is 0.494 e. The molecule has 6 nitrogen and oxygen atoms in total. The van der Waals surface area contributed by atoms with Gasteiger partial charge < -0.3 is 20.1 Å². The first-order chi connectivity index (χ1) is 12.7. The molecule has 138 valence electrons. The summed E-state index contributed by atoms with van der Waals surface area (Å²) in [6.45, 7) is 2.89. The van der Waals surface area contributed by atoms with Gasteiger partial charge in [-0.2, -0.15) is 0 Å². The van der Waals surface area contributed by atoms with E-state index >= 15 is 0 Å². The molecule has 0 heterocycles. The molecule has 0 aliphatic heterocycles. The fraction of sp³-hybridized carbons (Fsp3) is 0.300. The van der Waals surface area contributed by atoms with Gasteiger partial charge in [-0.3, -0.25) is 9.59 Å². The monoisotopic (exact) mass is 356 g/mol. The van der Waals surface area contributed by atoms with Crippen molar-refractivity contribution in [1.29, 1.82) is 0 Å². The van der Waals surface area contributed by atoms with Gasteiger partial charge in [0.2, 0.25) is 5.91 Å². The molecule has 0 aliphatic carbocycles. The Labute approximate surface area is 153 Å². The Morgan fingerprint density at radius 1 is 0.846 bits per heavy atom. The summed E-state index contributed by atoms with van der Waals surface area (Å²) in [5, 5.41) is 5.27. The Hall–Kier alpha value is -3.02. The van der Waals surface area contributed by atoms with Crippen molar-refractivity contribution in [3.05, 3.63) is 60.2 Å². The Kier molecular flexibility index (Phi) is 7.99. The van der Waals surface area contributed by atoms with E-state index in [4.69, 9.17) is 9.47 Å². The van der Waals surface area contributed by atoms with Crippen molar-refractivity contribution in [2.45, 2.75) is 19.9 Å². The van der Waals surface area contributed by atoms with E-state index in [0.717, 1.165) is 17.7 Å². The molecule has 0 radical (unpaired) electrons. The Morgan fingerprint density at radius 3 is 2.15 bits per heavy atom. The summed E-state index contributed by atoms with van der Waals surface area (Å²) in [7, 11) is 0. The van der Waals surface area contributed by atoms with Crippen LogP contribution >= 0.6 is 0 Å². The standard InChI is InChI=1S/C20H24N2O4/c1-2-12-25-17-8-10-18(11-9-17)26-15-20(24)22-14-19(23)21-13-16-6-4-3-5-7-16/h3-11H,2,12-15H2,1H3,(H,21,23)(H,22,24). The van der Waals surface area contributed by atoms with E-state index in [-0.39, 0.29) is 25.0 Å². The van der Waals surface area contributed by atoms with Gasteiger partial charge in [0, 0.05) is 6.54 Å². The van der Waals surface area contributed by atoms with E-state index in [1.807, 2.05) is 37.3 Å². The number of carbonyl (C=O) groups excluding carboxylic acids is 2. The Bertz CT molecular complexity index is 687. The average molecular weight is 356 g/mol. The second kappa shape index (κ2) is 10.8. The lowest BCUT2D eigenvalue weighted by Gasteiger charge is -2.09. The minimum Gasteiger partial charge on any atom is -0.494 e. The highest BCUT2D eigenvalue weighted by Gasteiger charge is 2.06. The molecule has 0 saturated heterocycles. The number of ether oxygens (including phenoxy) is 2. The van der Waals surface area contributed by atoms with Crippen molar-refractivity contribution >= 4 is 11.8 Å². The van der Waals surface area contributed by atoms with Crippen LogP contribution in [-0.4, -0.2) is 31.6 Å². The van der Waals surface area contributed by atoms with E-state index in [1.165, 1.54) is 0 Å². The highest BCUT2D eigenvalue weighted by atomic mass is 16.5. The summed E-state index contributed by atoms with van der Waals surface area (Å²) >= 11 is 0. The molecule has 2 aromatic carbocycles. The summed E-state index contributed by atoms with van der Waals surface area (Å²) in [5.41, 5.74) is 1.00. The van der Waals surface area contributed by atoms with Crippen molar-refractivity contribution in [3.63, 3.8) is 0 Å². The van der Waals surface area contributed by atoms with E-state index in [9.17, 15) is 9.59 Å². The van der Waals surface area contributed by atoms with Crippen LogP contribution in [0.5, 0.6) is 11.5 Å². The zero-order valence-corrected chi connectivity index (χ0v) is 14.9. The highest BCUT2D eigenvalue weighted by molar-refractivity contribution is 5.85. The molecular formula is C20H24N2O4. The minimum atomic E-state index is -0.355. The summed E-state index contributed by atoms with van der Waals surface area (Å²) < 4.78 is 10.9. The molecule has 2 N–H and O–H groups in total. The van der Waals surface area contributed by atoms with Gasteiger partial charge in [0.15, 0.2) is 6.61 Å². The zero-order chi connectivity index (χ0) is 18.6. The number of hydrogen-bond acceptors (Lipinski definition) is 4. The molecule has 2 amide bonds. The van der Waals surface area contributed by atoms with E-state index in [1.54, 1.807) is 24.3 Å². The fourth-order valence-electron chi connectivity index (χ4n) is 2.09. The quantitative estimate of drug-likeness (QED) is 0.685. The third-order valence-corrected chi connectivity index (χ3v) is 3.45. The maximum atomic E-state index is 11.8. The molecule has 0 aliphatic rings. The molecule has 0 atom stereocenters. The summed E-state index contributed by atoms with van der Waals surface area (Å²) in [4.78, 5) is 23.5. The smallest absolute Gasteiger partial charge is 0.258 e. The summed E-state index contributed by atoms with van der Waals surface area (Å²) in [6.07, 6.45) is 0.942. The van der Waals surface area contributed by atoms with Crippen LogP contribution in [0, 0.1) is 0 Å². The van der Waals surface area contributed by atoms with Crippen molar-refractivity contribution in [2.24, 2.45) is 0 Å². The zero-order valence-electron chi connectivity index (χ0n) is 14.9. The highest BCUT2D eigenvalue weighted by Crippen LogP contribution is 2.17. The Balaban J connectivity index is 1.63. The molecule has 2 rings (SSSR count). The van der Waals surface area contributed by atoms with Gasteiger partial charge in [0.1, 0.15) is 11.5 Å². The predicted molar refractivity (Wildman–Crippen MR) is 99.0 cm³/mol. The molecule has 0 spiro atoms. The van der Waals surface area contributed by atoms with Crippen molar-refractivity contribution < 1.29 is 19.1 Å². The minimum absolute atomic E-state index is 0.0845. The number of nitrogens with one attached hydrogen (secondary N) is 2. The molecule has 0 aromatic heterocycles. The van der Waals surface area contributed by atoms with Gasteiger partial charge in [0.25, 0.3) is 5.91 Å². The molecule has 0 fully saturated rings. The van der Waals surface area contributed by atoms with E-state index < -0.39 is 0 Å². The average Bonchev–Trinajstić information content (AvgIpc) is 2.69. The maximum absolute atomic E-state index is 11.8. The number of carbonyl (C=O) groups is 2. The second-order valence-corrected chi connectivity index (χ2v) is 5.65. The normalized spacial score (nSPS) is 10.0. The first-order valence-electron chi connectivity index (χ1n) is 8.60. The first kappa shape index (κ1) is 19.3. The summed E-state index contributed by atoms with van der Waals surface area (Å²) in [5.74, 6) is 0.724. The first-order valence-corrected chi connectivity index (χ1v) is 8.60. The third-order valence-electron chi connectivity index (χ3n) is 3.45. The van der Waals surface area contributed by atoms with Gasteiger partial charge in [-0.1, -0.05) is 37.3 Å². The van der Waals surface area contributed by atoms with Crippen LogP contribution in [0.2, 0.25) is 0 Å². The topological polar surface area (TPSA) is 76.7 Å². The number of amides is 2. The number of rotatable bonds is 10. The molecular weight excluding hydrogens is 332 g/mol. The molecule has 2 aromatic rings. The fourth-order valence-corrected chi connectivity index (χ4v) is 2.09. The molecule has 0 saturated carbocycles. The van der Waals surface area contributed by atoms with Gasteiger partial charge in [-0.25, -0.2) is 0 Å². The van der Waals surface area contributed by atoms with Crippen LogP contribution in [0.15, 0.2) is 54.6 Å². The number of hydrogen-bond donors (Lipinski definition) is 2. The van der Waals surface area contributed by atoms with Crippen molar-refractivity contribution in [1.82, 2.24) is 10.6 Å². The van der Waals surface area contributed by atoms with Crippen LogP contribution in [0.1, 0.15) is 18.9 Å². The molecule has 0 bridgehead atoms. The summed E-state index contributed by atoms with van der Waals surface area (Å²) in [6, 6.07) is 16.6. The predicted octanol–water partition coefficient (Wildman–Crippen LogP) is 2.29. The van der Waals surface area contributed by atoms with Crippen LogP contribution in [0.4, 0.5) is 0 Å². The Morgan fingerprint density at radius 2 is 1.50 bits per heavy atom. The maximum Gasteiger partial charge on any atom is 0.258 e. The van der Waals surface area contributed by atoms with Crippen LogP contribution in [0.25, 0.3) is 0 Å². The van der Waals surface area contributed by atoms with Gasteiger partial charge >= 0.3 is 0 Å². The van der Waals surface area contributed by atoms with Crippen molar-refractivity contribution in [2.75, 3.05) is 19.8 Å². The van der Waals surface area contributed by atoms with Crippen LogP contribution in [-0.2, 0) is 16.1 Å². The lowest BCUT2D eigenvalue weighted by molar-refractivity contribution is -0.127. The van der Waals surface area contributed by atoms with E-state index in [0.29, 0.717) is 18.9 Å². The van der Waals surface area contributed by atoms with Crippen LogP contribution < -0.4 is 20.1 Å². The molecule has 0 unspecified atom stereocenters. The lowest BCUT2D eigenvalue weighted by atomic mass is 10.2. The van der Waals surface area contributed by atoms with Crippen LogP contribution in [0.3, 0.4) is 0 Å². The molecule has 6 heteroatoms. The van der Waals surface area contributed by atoms with Gasteiger partial charge in [0.05, 0.1) is 13.2 Å². The van der Waals surface area contributed by atoms with Gasteiger partial charge in [-0.15, -0.1) is 0 Å². The van der Waals surface area contributed by atoms with Gasteiger partial charge in [-0.05, 0) is 36.2 Å².